The van der Waals surface area contributed by atoms with Crippen LogP contribution in [0.25, 0.3) is 5.57 Å². The molecule has 0 atom stereocenters. The normalized spacial score (nSPS) is 18.0. The minimum atomic E-state index is -0.588. The zero-order valence-electron chi connectivity index (χ0n) is 12.2. The molecule has 2 heterocycles. The van der Waals surface area contributed by atoms with Crippen molar-refractivity contribution in [3.05, 3.63) is 75.9 Å². The third-order valence-corrected chi connectivity index (χ3v) is 3.91. The Hall–Kier alpha value is -2.96. The Morgan fingerprint density at radius 3 is 2.71 bits per heavy atom. The number of rotatable bonds is 2. The van der Waals surface area contributed by atoms with Crippen LogP contribution < -0.4 is 21.2 Å². The van der Waals surface area contributed by atoms with Crippen molar-refractivity contribution >= 4 is 34.7 Å². The van der Waals surface area contributed by atoms with E-state index in [0.29, 0.717) is 26.9 Å². The molecule has 7 heteroatoms. The van der Waals surface area contributed by atoms with Crippen molar-refractivity contribution in [3.8, 4) is 0 Å². The summed E-state index contributed by atoms with van der Waals surface area (Å²) in [5, 5.41) is 3.07. The molecule has 6 nitrogen and oxygen atoms in total. The molecule has 118 valence electrons. The lowest BCUT2D eigenvalue weighted by Gasteiger charge is -2.15. The third kappa shape index (κ3) is 2.38. The standard InChI is InChI=1S/C17H10ClN3O3/c18-10-6-7-14-12(8-10)13(16(22)19-14)9-15-17(23)24-20-21(15)11-4-2-1-3-5-11/h1-9,20H. The van der Waals surface area contributed by atoms with Crippen LogP contribution in [0.1, 0.15) is 0 Å². The van der Waals surface area contributed by atoms with Gasteiger partial charge in [-0.3, -0.25) is 4.79 Å². The van der Waals surface area contributed by atoms with Crippen LogP contribution in [0, 0.1) is 0 Å². The molecular formula is C17H10ClN3O3. The molecule has 0 bridgehead atoms. The fourth-order valence-corrected chi connectivity index (χ4v) is 2.73. The third-order valence-electron chi connectivity index (χ3n) is 3.68. The summed E-state index contributed by atoms with van der Waals surface area (Å²) in [5.74, 6) is -1.01. The Morgan fingerprint density at radius 2 is 1.92 bits per heavy atom. The van der Waals surface area contributed by atoms with Gasteiger partial charge in [0.15, 0.2) is 0 Å². The number of anilines is 1. The summed E-state index contributed by atoms with van der Waals surface area (Å²) in [4.78, 5) is 33.1. The summed E-state index contributed by atoms with van der Waals surface area (Å²) in [6.07, 6.45) is 1.46. The Labute approximate surface area is 141 Å². The maximum atomic E-state index is 12.2. The lowest BCUT2D eigenvalue weighted by molar-refractivity contribution is -0.140. The van der Waals surface area contributed by atoms with Gasteiger partial charge in [0.05, 0.1) is 16.6 Å². The summed E-state index contributed by atoms with van der Waals surface area (Å²) >= 11 is 6.00. The van der Waals surface area contributed by atoms with Crippen molar-refractivity contribution < 1.29 is 14.4 Å². The van der Waals surface area contributed by atoms with Crippen LogP contribution in [0.3, 0.4) is 0 Å². The fourth-order valence-electron chi connectivity index (χ4n) is 2.55. The number of para-hydroxylation sites is 1. The van der Waals surface area contributed by atoms with Gasteiger partial charge in [-0.25, -0.2) is 14.8 Å². The molecule has 4 rings (SSSR count). The number of hydrogen-bond donors (Lipinski definition) is 1. The van der Waals surface area contributed by atoms with Crippen molar-refractivity contribution in [1.82, 2.24) is 5.59 Å². The minimum absolute atomic E-state index is 0.188. The van der Waals surface area contributed by atoms with Crippen LogP contribution in [-0.4, -0.2) is 11.9 Å². The van der Waals surface area contributed by atoms with Gasteiger partial charge >= 0.3 is 5.97 Å². The van der Waals surface area contributed by atoms with E-state index in [-0.39, 0.29) is 5.70 Å². The highest BCUT2D eigenvalue weighted by Crippen LogP contribution is 2.23. The average Bonchev–Trinajstić information content (AvgIpc) is 3.10. The number of carbonyl (C=O) groups excluding carboxylic acids is 2. The zero-order valence-corrected chi connectivity index (χ0v) is 12.9. The number of hydrogen-bond acceptors (Lipinski definition) is 5. The molecule has 0 aromatic heterocycles. The van der Waals surface area contributed by atoms with Crippen LogP contribution in [0.4, 0.5) is 5.69 Å². The van der Waals surface area contributed by atoms with E-state index in [9.17, 15) is 9.59 Å². The first-order chi connectivity index (χ1) is 11.6. The highest BCUT2D eigenvalue weighted by atomic mass is 35.5. The van der Waals surface area contributed by atoms with Crippen LogP contribution >= 0.6 is 11.6 Å². The zero-order chi connectivity index (χ0) is 16.7. The Morgan fingerprint density at radius 1 is 1.12 bits per heavy atom. The van der Waals surface area contributed by atoms with E-state index in [1.165, 1.54) is 11.1 Å². The average molecular weight is 340 g/mol. The molecule has 24 heavy (non-hydrogen) atoms. The minimum Gasteiger partial charge on any atom is -0.345 e. The highest BCUT2D eigenvalue weighted by molar-refractivity contribution is 6.30. The molecule has 0 unspecified atom stereocenters. The van der Waals surface area contributed by atoms with Crippen LogP contribution in [0.5, 0.6) is 0 Å². The van der Waals surface area contributed by atoms with E-state index in [1.807, 2.05) is 18.2 Å². The largest absolute Gasteiger partial charge is 0.376 e. The van der Waals surface area contributed by atoms with Crippen LogP contribution in [0.15, 0.2) is 65.3 Å². The van der Waals surface area contributed by atoms with Gasteiger partial charge in [-0.15, -0.1) is 0 Å². The molecule has 0 aliphatic carbocycles. The van der Waals surface area contributed by atoms with Gasteiger partial charge in [0, 0.05) is 10.2 Å². The number of nitrogens with zero attached hydrogens (tertiary/aromatic N) is 2. The second-order valence-corrected chi connectivity index (χ2v) is 5.61. The number of halogens is 1. The van der Waals surface area contributed by atoms with Crippen LogP contribution in [-0.2, 0) is 14.4 Å². The first kappa shape index (κ1) is 14.6. The van der Waals surface area contributed by atoms with Crippen molar-refractivity contribution in [2.45, 2.75) is 0 Å². The molecule has 2 aliphatic rings. The van der Waals surface area contributed by atoms with Crippen molar-refractivity contribution in [3.63, 3.8) is 0 Å². The first-order valence-electron chi connectivity index (χ1n) is 7.10. The van der Waals surface area contributed by atoms with E-state index < -0.39 is 11.9 Å². The topological polar surface area (TPSA) is 71.0 Å². The van der Waals surface area contributed by atoms with E-state index >= 15 is 0 Å². The highest BCUT2D eigenvalue weighted by Gasteiger charge is 2.30. The Bertz CT molecular complexity index is 1020. The second kappa shape index (κ2) is 5.59. The Kier molecular flexibility index (Phi) is 3.41. The molecule has 1 saturated heterocycles. The molecule has 0 saturated carbocycles. The SMILES string of the molecule is O=C1N=c2ccc(Cl)cc2=C1C=C1C(=O)ONN1c1ccccc1. The molecule has 1 N–H and O–H groups in total. The Balaban J connectivity index is 1.88. The number of fused-ring (bicyclic) bond motifs is 1. The van der Waals surface area contributed by atoms with Gasteiger partial charge in [0.1, 0.15) is 5.70 Å². The van der Waals surface area contributed by atoms with Gasteiger partial charge in [-0.2, -0.15) is 0 Å². The number of carbonyl (C=O) groups is 2. The molecule has 2 aromatic carbocycles. The number of nitrogens with one attached hydrogen (secondary N) is 1. The molecule has 2 aromatic rings. The van der Waals surface area contributed by atoms with Gasteiger partial charge in [-0.1, -0.05) is 35.4 Å². The maximum Gasteiger partial charge on any atom is 0.376 e. The predicted molar refractivity (Wildman–Crippen MR) is 86.9 cm³/mol. The van der Waals surface area contributed by atoms with Crippen molar-refractivity contribution in [2.75, 3.05) is 5.01 Å². The molecule has 2 aliphatic heterocycles. The summed E-state index contributed by atoms with van der Waals surface area (Å²) in [7, 11) is 0. The first-order valence-corrected chi connectivity index (χ1v) is 7.48. The maximum absolute atomic E-state index is 12.2. The predicted octanol–water partition coefficient (Wildman–Crippen LogP) is 1.02. The second-order valence-electron chi connectivity index (χ2n) is 5.17. The van der Waals surface area contributed by atoms with E-state index in [0.717, 1.165) is 0 Å². The monoisotopic (exact) mass is 339 g/mol. The summed E-state index contributed by atoms with van der Waals surface area (Å²) in [6.45, 7) is 0. The summed E-state index contributed by atoms with van der Waals surface area (Å²) < 4.78 is 0. The molecular weight excluding hydrogens is 330 g/mol. The van der Waals surface area contributed by atoms with Gasteiger partial charge in [0.25, 0.3) is 5.91 Å². The van der Waals surface area contributed by atoms with Gasteiger partial charge in [-0.05, 0) is 36.4 Å². The summed E-state index contributed by atoms with van der Waals surface area (Å²) in [6, 6.07) is 14.1. The smallest absolute Gasteiger partial charge is 0.345 e. The fraction of sp³-hybridized carbons (Fsp3) is 0. The van der Waals surface area contributed by atoms with E-state index in [1.54, 1.807) is 30.3 Å². The molecule has 1 fully saturated rings. The van der Waals surface area contributed by atoms with Crippen LogP contribution in [0.2, 0.25) is 5.02 Å². The van der Waals surface area contributed by atoms with E-state index in [4.69, 9.17) is 16.4 Å². The van der Waals surface area contributed by atoms with Crippen molar-refractivity contribution in [2.24, 2.45) is 4.99 Å². The van der Waals surface area contributed by atoms with E-state index in [2.05, 4.69) is 10.6 Å². The molecule has 1 amide bonds. The van der Waals surface area contributed by atoms with Crippen molar-refractivity contribution in [1.29, 1.82) is 0 Å². The molecule has 0 spiro atoms. The summed E-state index contributed by atoms with van der Waals surface area (Å²) in [5.41, 5.74) is 3.71. The number of benzene rings is 2. The van der Waals surface area contributed by atoms with Gasteiger partial charge < -0.3 is 4.84 Å². The number of amides is 1. The number of hydrazine groups is 1. The quantitative estimate of drug-likeness (QED) is 0.827. The molecule has 0 radical (unpaired) electrons. The lowest BCUT2D eigenvalue weighted by atomic mass is 10.1. The van der Waals surface area contributed by atoms with Gasteiger partial charge in [0.2, 0.25) is 0 Å². The lowest BCUT2D eigenvalue weighted by Crippen LogP contribution is -2.29.